The van der Waals surface area contributed by atoms with Crippen molar-refractivity contribution in [2.24, 2.45) is 0 Å². The van der Waals surface area contributed by atoms with Crippen molar-refractivity contribution < 1.29 is 37.0 Å². The number of fused-ring (bicyclic) bond motifs is 3. The Morgan fingerprint density at radius 2 is 1.98 bits per heavy atom. The van der Waals surface area contributed by atoms with E-state index in [1.54, 1.807) is 18.2 Å². The Labute approximate surface area is 235 Å². The van der Waals surface area contributed by atoms with Crippen LogP contribution in [0.15, 0.2) is 47.0 Å². The molecule has 0 bridgehead atoms. The van der Waals surface area contributed by atoms with Gasteiger partial charge in [-0.25, -0.2) is 4.98 Å². The number of aromatic nitrogens is 4. The van der Waals surface area contributed by atoms with Gasteiger partial charge in [-0.3, -0.25) is 9.36 Å². The highest BCUT2D eigenvalue weighted by Gasteiger charge is 2.43. The van der Waals surface area contributed by atoms with Gasteiger partial charge in [0, 0.05) is 23.4 Å². The number of oxazole rings is 1. The molecule has 0 saturated carbocycles. The van der Waals surface area contributed by atoms with Crippen LogP contribution in [0.3, 0.4) is 0 Å². The molecule has 1 aliphatic heterocycles. The number of para-hydroxylation sites is 1. The van der Waals surface area contributed by atoms with Crippen molar-refractivity contribution >= 4 is 29.3 Å². The van der Waals surface area contributed by atoms with Gasteiger partial charge in [0.25, 0.3) is 0 Å². The zero-order chi connectivity index (χ0) is 28.6. The maximum Gasteiger partial charge on any atom is 0.452 e. The van der Waals surface area contributed by atoms with Crippen LogP contribution in [0.5, 0.6) is 11.5 Å². The van der Waals surface area contributed by atoms with Crippen LogP contribution in [-0.4, -0.2) is 45.0 Å². The van der Waals surface area contributed by atoms with E-state index in [4.69, 9.17) is 30.6 Å². The number of aliphatic carboxylic acids is 1. The SMILES string of the molecule is COc1cccc([C@H]2S[C@H](Cc3ncc(CCC(=O)O)o3)c3nnc(C(F)(F)F)n3-c3ccc(Cl)cc32)c1OC. The third kappa shape index (κ3) is 5.35. The third-order valence-electron chi connectivity index (χ3n) is 6.31. The number of thioether (sulfide) groups is 1. The molecule has 2 aromatic heterocycles. The summed E-state index contributed by atoms with van der Waals surface area (Å²) in [6.07, 6.45) is -3.34. The molecule has 14 heteroatoms. The summed E-state index contributed by atoms with van der Waals surface area (Å²) in [5, 5.41) is 15.5. The van der Waals surface area contributed by atoms with Gasteiger partial charge in [0.05, 0.1) is 43.0 Å². The molecule has 1 N–H and O–H groups in total. The Morgan fingerprint density at radius 3 is 2.67 bits per heavy atom. The molecule has 1 aliphatic rings. The van der Waals surface area contributed by atoms with Gasteiger partial charge < -0.3 is 19.0 Å². The number of carbonyl (C=O) groups is 1. The molecule has 9 nitrogen and oxygen atoms in total. The Morgan fingerprint density at radius 1 is 1.18 bits per heavy atom. The molecule has 0 unspecified atom stereocenters. The fraction of sp³-hybridized carbons (Fsp3) is 0.308. The summed E-state index contributed by atoms with van der Waals surface area (Å²) in [6, 6.07) is 9.95. The van der Waals surface area contributed by atoms with Crippen LogP contribution >= 0.6 is 23.4 Å². The van der Waals surface area contributed by atoms with E-state index in [1.807, 2.05) is 6.07 Å². The van der Waals surface area contributed by atoms with Crippen LogP contribution in [0.25, 0.3) is 5.69 Å². The first kappa shape index (κ1) is 27.8. The average Bonchev–Trinajstić information content (AvgIpc) is 3.54. The second-order valence-electron chi connectivity index (χ2n) is 8.82. The van der Waals surface area contributed by atoms with Gasteiger partial charge in [-0.15, -0.1) is 22.0 Å². The first-order valence-electron chi connectivity index (χ1n) is 11.9. The molecule has 0 aliphatic carbocycles. The molecule has 2 atom stereocenters. The van der Waals surface area contributed by atoms with Crippen molar-refractivity contribution in [2.75, 3.05) is 14.2 Å². The third-order valence-corrected chi connectivity index (χ3v) is 8.03. The number of methoxy groups -OCH3 is 2. The predicted octanol–water partition coefficient (Wildman–Crippen LogP) is 6.08. The summed E-state index contributed by atoms with van der Waals surface area (Å²) in [6.45, 7) is 0. The van der Waals surface area contributed by atoms with Crippen molar-refractivity contribution in [1.82, 2.24) is 19.7 Å². The van der Waals surface area contributed by atoms with Crippen LogP contribution < -0.4 is 9.47 Å². The maximum atomic E-state index is 14.2. The minimum Gasteiger partial charge on any atom is -0.493 e. The van der Waals surface area contributed by atoms with Crippen molar-refractivity contribution in [3.05, 3.63) is 82.0 Å². The number of nitrogens with zero attached hydrogens (tertiary/aromatic N) is 4. The van der Waals surface area contributed by atoms with Crippen LogP contribution in [-0.2, 0) is 23.8 Å². The lowest BCUT2D eigenvalue weighted by Gasteiger charge is -2.23. The number of hydrogen-bond donors (Lipinski definition) is 1. The predicted molar refractivity (Wildman–Crippen MR) is 139 cm³/mol. The lowest BCUT2D eigenvalue weighted by Crippen LogP contribution is -2.16. The number of halogens is 4. The quantitative estimate of drug-likeness (QED) is 0.259. The van der Waals surface area contributed by atoms with Crippen molar-refractivity contribution in [3.8, 4) is 17.2 Å². The number of rotatable bonds is 8. The minimum absolute atomic E-state index is 0.0514. The number of carboxylic acids is 1. The molecule has 4 aromatic rings. The molecule has 0 amide bonds. The Bertz CT molecular complexity index is 1560. The summed E-state index contributed by atoms with van der Waals surface area (Å²) in [4.78, 5) is 15.2. The number of ether oxygens (including phenoxy) is 2. The van der Waals surface area contributed by atoms with E-state index in [0.29, 0.717) is 33.4 Å². The smallest absolute Gasteiger partial charge is 0.452 e. The van der Waals surface area contributed by atoms with Crippen LogP contribution in [0, 0.1) is 0 Å². The number of carboxylic acid groups (broad SMARTS) is 1. The Kier molecular flexibility index (Phi) is 7.69. The Balaban J connectivity index is 1.68. The van der Waals surface area contributed by atoms with Crippen molar-refractivity contribution in [3.63, 3.8) is 0 Å². The molecule has 3 heterocycles. The number of benzene rings is 2. The topological polar surface area (TPSA) is 113 Å². The zero-order valence-corrected chi connectivity index (χ0v) is 22.7. The molecule has 210 valence electrons. The lowest BCUT2D eigenvalue weighted by molar-refractivity contribution is -0.146. The van der Waals surface area contributed by atoms with E-state index < -0.39 is 28.5 Å². The van der Waals surface area contributed by atoms with E-state index in [0.717, 1.165) is 4.57 Å². The molecule has 0 saturated heterocycles. The fourth-order valence-electron chi connectivity index (χ4n) is 4.61. The zero-order valence-electron chi connectivity index (χ0n) is 21.1. The molecular weight excluding hydrogens is 573 g/mol. The molecular formula is C26H22ClF3N4O5S. The minimum atomic E-state index is -4.79. The number of aryl methyl sites for hydroxylation is 1. The van der Waals surface area contributed by atoms with Crippen LogP contribution in [0.4, 0.5) is 13.2 Å². The first-order valence-corrected chi connectivity index (χ1v) is 13.3. The van der Waals surface area contributed by atoms with Gasteiger partial charge in [-0.05, 0) is 29.8 Å². The van der Waals surface area contributed by atoms with Gasteiger partial charge in [0.15, 0.2) is 23.2 Å². The normalized spacial score (nSPS) is 16.6. The van der Waals surface area contributed by atoms with E-state index in [1.165, 1.54) is 44.3 Å². The molecule has 40 heavy (non-hydrogen) atoms. The second-order valence-corrected chi connectivity index (χ2v) is 10.6. The second kappa shape index (κ2) is 11.0. The average molecular weight is 595 g/mol. The monoisotopic (exact) mass is 594 g/mol. The summed E-state index contributed by atoms with van der Waals surface area (Å²) in [7, 11) is 2.98. The maximum absolute atomic E-state index is 14.2. The van der Waals surface area contributed by atoms with Gasteiger partial charge in [-0.1, -0.05) is 23.7 Å². The van der Waals surface area contributed by atoms with E-state index in [-0.39, 0.29) is 36.7 Å². The number of hydrogen-bond acceptors (Lipinski definition) is 8. The van der Waals surface area contributed by atoms with E-state index in [2.05, 4.69) is 15.2 Å². The first-order chi connectivity index (χ1) is 19.1. The summed E-state index contributed by atoms with van der Waals surface area (Å²) in [5.41, 5.74) is 1.37. The molecule has 0 radical (unpaired) electrons. The summed E-state index contributed by atoms with van der Waals surface area (Å²) < 4.78 is 60.5. The number of alkyl halides is 3. The Hall–Kier alpha value is -3.71. The van der Waals surface area contributed by atoms with E-state index >= 15 is 0 Å². The van der Waals surface area contributed by atoms with Crippen molar-refractivity contribution in [2.45, 2.75) is 35.9 Å². The van der Waals surface area contributed by atoms with Crippen molar-refractivity contribution in [1.29, 1.82) is 0 Å². The lowest BCUT2D eigenvalue weighted by atomic mass is 10.0. The van der Waals surface area contributed by atoms with Crippen LogP contribution in [0.2, 0.25) is 5.02 Å². The van der Waals surface area contributed by atoms with E-state index in [9.17, 15) is 18.0 Å². The van der Waals surface area contributed by atoms with Gasteiger partial charge in [-0.2, -0.15) is 13.2 Å². The fourth-order valence-corrected chi connectivity index (χ4v) is 6.30. The van der Waals surface area contributed by atoms with Gasteiger partial charge in [0.2, 0.25) is 5.82 Å². The van der Waals surface area contributed by atoms with Gasteiger partial charge in [0.1, 0.15) is 5.76 Å². The van der Waals surface area contributed by atoms with Gasteiger partial charge >= 0.3 is 12.1 Å². The summed E-state index contributed by atoms with van der Waals surface area (Å²) in [5.74, 6) is -0.656. The molecule has 5 rings (SSSR count). The molecule has 2 aromatic carbocycles. The molecule has 0 spiro atoms. The standard InChI is InChI=1S/C26H22ClF3N4O5S/c1-37-18-5-3-4-15(22(18)38-2)23-16-10-13(27)6-8-17(16)34-24(32-33-25(34)26(28,29)30)19(40-23)11-20-31-12-14(39-20)7-9-21(35)36/h3-6,8,10,12,19,23H,7,9,11H2,1-2H3,(H,35,36)/t19-,23-/m1/s1. The summed E-state index contributed by atoms with van der Waals surface area (Å²) >= 11 is 7.69. The molecule has 0 fully saturated rings. The highest BCUT2D eigenvalue weighted by molar-refractivity contribution is 8.00. The highest BCUT2D eigenvalue weighted by Crippen LogP contribution is 2.54. The van der Waals surface area contributed by atoms with Crippen LogP contribution in [0.1, 0.15) is 51.3 Å². The highest BCUT2D eigenvalue weighted by atomic mass is 35.5. The largest absolute Gasteiger partial charge is 0.493 e.